The molecule has 62 heavy (non-hydrogen) atoms. The summed E-state index contributed by atoms with van der Waals surface area (Å²) in [7, 11) is 0. The molecule has 6 heteroatoms. The highest BCUT2D eigenvalue weighted by Crippen LogP contribution is 2.58. The number of rotatable bonds is 4. The van der Waals surface area contributed by atoms with Crippen LogP contribution in [0.2, 0.25) is 0 Å². The molecule has 4 aliphatic heterocycles. The van der Waals surface area contributed by atoms with E-state index in [9.17, 15) is 0 Å². The fourth-order valence-corrected chi connectivity index (χ4v) is 21.2. The van der Waals surface area contributed by atoms with Gasteiger partial charge < -0.3 is 9.80 Å². The van der Waals surface area contributed by atoms with Crippen molar-refractivity contribution in [3.63, 3.8) is 0 Å². The Morgan fingerprint density at radius 1 is 0.258 bits per heavy atom. The van der Waals surface area contributed by atoms with Crippen molar-refractivity contribution < 1.29 is 9.59 Å². The van der Waals surface area contributed by atoms with Gasteiger partial charge in [0, 0.05) is 72.3 Å². The van der Waals surface area contributed by atoms with Crippen LogP contribution in [0.3, 0.4) is 0 Å². The first kappa shape index (κ1) is 41.1. The number of fused-ring (bicyclic) bond motifs is 12. The van der Waals surface area contributed by atoms with E-state index in [2.05, 4.69) is 19.6 Å². The van der Waals surface area contributed by atoms with Crippen molar-refractivity contribution in [3.8, 4) is 0 Å². The van der Waals surface area contributed by atoms with Crippen LogP contribution >= 0.6 is 0 Å². The highest BCUT2D eigenvalue weighted by atomic mass is 16.2. The maximum Gasteiger partial charge on any atom is 0.226 e. The second kappa shape index (κ2) is 16.9. The van der Waals surface area contributed by atoms with Crippen LogP contribution in [0.15, 0.2) is 0 Å². The van der Waals surface area contributed by atoms with Crippen LogP contribution in [0.5, 0.6) is 0 Å². The zero-order chi connectivity index (χ0) is 41.1. The molecule has 9 aliphatic carbocycles. The molecule has 4 saturated heterocycles. The van der Waals surface area contributed by atoms with Gasteiger partial charge in [-0.3, -0.25) is 19.4 Å². The minimum atomic E-state index is 0.152. The monoisotopic (exact) mass is 849 g/mol. The minimum Gasteiger partial charge on any atom is -0.336 e. The number of carbonyl (C=O) groups excluding carboxylic acids is 2. The van der Waals surface area contributed by atoms with Crippen LogP contribution in [0.1, 0.15) is 218 Å². The van der Waals surface area contributed by atoms with Crippen LogP contribution in [0.4, 0.5) is 0 Å². The summed E-state index contributed by atoms with van der Waals surface area (Å²) in [5.74, 6) is 8.25. The molecule has 18 unspecified atom stereocenters. The van der Waals surface area contributed by atoms with E-state index in [1.807, 2.05) is 0 Å². The van der Waals surface area contributed by atoms with E-state index in [4.69, 9.17) is 0 Å². The Balaban J connectivity index is 0.676. The third kappa shape index (κ3) is 6.59. The lowest BCUT2D eigenvalue weighted by Gasteiger charge is -2.46. The van der Waals surface area contributed by atoms with E-state index in [1.165, 1.54) is 193 Å². The molecule has 13 rings (SSSR count). The number of likely N-dealkylation sites (tertiary alicyclic amines) is 4. The summed E-state index contributed by atoms with van der Waals surface area (Å²) >= 11 is 0. The van der Waals surface area contributed by atoms with Gasteiger partial charge in [-0.2, -0.15) is 0 Å². The molecule has 13 fully saturated rings. The van der Waals surface area contributed by atoms with Gasteiger partial charge in [0.05, 0.1) is 0 Å². The highest BCUT2D eigenvalue weighted by Gasteiger charge is 2.60. The smallest absolute Gasteiger partial charge is 0.226 e. The number of hydrogen-bond acceptors (Lipinski definition) is 4. The molecule has 0 aromatic heterocycles. The van der Waals surface area contributed by atoms with Crippen molar-refractivity contribution in [2.45, 2.75) is 279 Å². The summed E-state index contributed by atoms with van der Waals surface area (Å²) in [5.41, 5.74) is 0. The van der Waals surface area contributed by atoms with E-state index in [1.54, 1.807) is 0 Å². The lowest BCUT2D eigenvalue weighted by atomic mass is 9.71. The first-order valence-electron chi connectivity index (χ1n) is 28.8. The van der Waals surface area contributed by atoms with E-state index >= 15 is 9.59 Å². The van der Waals surface area contributed by atoms with Gasteiger partial charge >= 0.3 is 0 Å². The standard InChI is InChI=1S/C56H88N4O2/c61-55(59-51-23-11-5-17-43(51)45-33-37(29-31-53(45)59)57-47-19-7-1-13-39(47)40-14-2-8-20-48(40)57)35-25-27-36(28-26-35)56(62)60-52-24-12-6-18-44(52)46-34-38(30-32-54(46)60)58-49-21-9-3-15-41(49)42-16-4-10-22-50(42)58/h35-54H,1-34H2. The summed E-state index contributed by atoms with van der Waals surface area (Å²) in [5, 5.41) is 0. The first-order chi connectivity index (χ1) is 30.6. The second-order valence-corrected chi connectivity index (χ2v) is 25.4. The van der Waals surface area contributed by atoms with Crippen molar-refractivity contribution in [2.75, 3.05) is 0 Å². The number of amides is 2. The van der Waals surface area contributed by atoms with Gasteiger partial charge in [-0.15, -0.1) is 0 Å². The molecule has 2 amide bonds. The zero-order valence-electron chi connectivity index (χ0n) is 39.2. The summed E-state index contributed by atoms with van der Waals surface area (Å²) in [6.07, 6.45) is 46.0. The number of carbonyl (C=O) groups is 2. The molecule has 6 nitrogen and oxygen atoms in total. The van der Waals surface area contributed by atoms with Crippen LogP contribution in [0, 0.1) is 59.2 Å². The Bertz CT molecular complexity index is 1480. The van der Waals surface area contributed by atoms with Crippen molar-refractivity contribution in [1.29, 1.82) is 0 Å². The van der Waals surface area contributed by atoms with Gasteiger partial charge in [-0.1, -0.05) is 77.0 Å². The highest BCUT2D eigenvalue weighted by molar-refractivity contribution is 5.82. The first-order valence-corrected chi connectivity index (χ1v) is 28.8. The molecule has 0 radical (unpaired) electrons. The minimum absolute atomic E-state index is 0.152. The fourth-order valence-electron chi connectivity index (χ4n) is 21.2. The van der Waals surface area contributed by atoms with Gasteiger partial charge in [0.1, 0.15) is 0 Å². The van der Waals surface area contributed by atoms with E-state index in [0.29, 0.717) is 36.0 Å². The molecule has 18 atom stereocenters. The number of nitrogens with zero attached hydrogens (tertiary/aromatic N) is 4. The van der Waals surface area contributed by atoms with Crippen LogP contribution in [-0.4, -0.2) is 91.8 Å². The molecule has 4 heterocycles. The fraction of sp³-hybridized carbons (Fsp3) is 0.964. The molecule has 0 spiro atoms. The Morgan fingerprint density at radius 3 is 0.839 bits per heavy atom. The molecule has 0 aromatic carbocycles. The second-order valence-electron chi connectivity index (χ2n) is 25.4. The average Bonchev–Trinajstić information content (AvgIpc) is 4.06. The Hall–Kier alpha value is -1.14. The molecule has 13 aliphatic rings. The van der Waals surface area contributed by atoms with Crippen LogP contribution in [-0.2, 0) is 9.59 Å². The third-order valence-corrected chi connectivity index (χ3v) is 23.3. The summed E-state index contributed by atoms with van der Waals surface area (Å²) in [6, 6.07) is 7.00. The molecule has 344 valence electrons. The van der Waals surface area contributed by atoms with E-state index in [0.717, 1.165) is 109 Å². The predicted octanol–water partition coefficient (Wildman–Crippen LogP) is 11.5. The van der Waals surface area contributed by atoms with Gasteiger partial charge in [0.2, 0.25) is 11.8 Å². The van der Waals surface area contributed by atoms with Crippen molar-refractivity contribution >= 4 is 11.8 Å². The lowest BCUT2D eigenvalue weighted by molar-refractivity contribution is -0.146. The van der Waals surface area contributed by atoms with Crippen LogP contribution < -0.4 is 0 Å². The molecule has 0 N–H and O–H groups in total. The van der Waals surface area contributed by atoms with E-state index in [-0.39, 0.29) is 11.8 Å². The lowest BCUT2D eigenvalue weighted by Crippen LogP contribution is -2.53. The molecule has 9 saturated carbocycles. The largest absolute Gasteiger partial charge is 0.336 e. The average molecular weight is 849 g/mol. The van der Waals surface area contributed by atoms with Gasteiger partial charge in [-0.05, 0) is 189 Å². The summed E-state index contributed by atoms with van der Waals surface area (Å²) in [4.78, 5) is 41.8. The third-order valence-electron chi connectivity index (χ3n) is 23.3. The Kier molecular flexibility index (Phi) is 11.2. The molecule has 0 bridgehead atoms. The maximum absolute atomic E-state index is 15.1. The zero-order valence-corrected chi connectivity index (χ0v) is 39.2. The number of hydrogen-bond donors (Lipinski definition) is 0. The summed E-state index contributed by atoms with van der Waals surface area (Å²) in [6.45, 7) is 0. The van der Waals surface area contributed by atoms with E-state index < -0.39 is 0 Å². The molecule has 0 aromatic rings. The quantitative estimate of drug-likeness (QED) is 0.283. The van der Waals surface area contributed by atoms with Crippen molar-refractivity contribution in [3.05, 3.63) is 0 Å². The summed E-state index contributed by atoms with van der Waals surface area (Å²) < 4.78 is 0. The van der Waals surface area contributed by atoms with Gasteiger partial charge in [0.25, 0.3) is 0 Å². The topological polar surface area (TPSA) is 47.1 Å². The van der Waals surface area contributed by atoms with Gasteiger partial charge in [0.15, 0.2) is 0 Å². The Labute approximate surface area is 377 Å². The maximum atomic E-state index is 15.1. The normalized spacial score (nSPS) is 51.5. The predicted molar refractivity (Wildman–Crippen MR) is 247 cm³/mol. The van der Waals surface area contributed by atoms with Crippen molar-refractivity contribution in [2.24, 2.45) is 59.2 Å². The molecular formula is C56H88N4O2. The van der Waals surface area contributed by atoms with Gasteiger partial charge in [-0.25, -0.2) is 0 Å². The Morgan fingerprint density at radius 2 is 0.516 bits per heavy atom. The van der Waals surface area contributed by atoms with Crippen LogP contribution in [0.25, 0.3) is 0 Å². The van der Waals surface area contributed by atoms with Crippen molar-refractivity contribution in [1.82, 2.24) is 19.6 Å². The SMILES string of the molecule is O=C(C1CCC(C(=O)N2C3CCCCC3C3CC(N4C5CCCCC5C5CCCCC54)CCC32)CC1)N1C2CCCCC2C2CC(N3C4CCCCC4C4CCCCC43)CCC21. The molecular weight excluding hydrogens is 761 g/mol.